The highest BCUT2D eigenvalue weighted by Crippen LogP contribution is 2.36. The van der Waals surface area contributed by atoms with Crippen molar-refractivity contribution < 1.29 is 9.45 Å². The minimum Gasteiger partial charge on any atom is -0.363 e. The van der Waals surface area contributed by atoms with E-state index in [0.717, 1.165) is 25.8 Å². The number of pyridine rings is 1. The SMILES string of the molecule is C[C@H]1CCCCN1c1ccc(-c2nc(-c3ccccn3)no2)cc1[N+](=O)[O-]. The first-order valence-corrected chi connectivity index (χ1v) is 8.94. The summed E-state index contributed by atoms with van der Waals surface area (Å²) in [6.45, 7) is 2.93. The van der Waals surface area contributed by atoms with Crippen molar-refractivity contribution in [1.29, 1.82) is 0 Å². The maximum absolute atomic E-state index is 11.7. The molecule has 3 heterocycles. The van der Waals surface area contributed by atoms with Gasteiger partial charge in [-0.25, -0.2) is 0 Å². The van der Waals surface area contributed by atoms with Gasteiger partial charge in [0.25, 0.3) is 11.6 Å². The van der Waals surface area contributed by atoms with Crippen LogP contribution in [0.1, 0.15) is 26.2 Å². The number of rotatable bonds is 4. The molecule has 2 aromatic heterocycles. The zero-order valence-corrected chi connectivity index (χ0v) is 14.9. The molecule has 138 valence electrons. The van der Waals surface area contributed by atoms with Gasteiger partial charge in [0.15, 0.2) is 0 Å². The fourth-order valence-electron chi connectivity index (χ4n) is 3.44. The number of hydrogen-bond donors (Lipinski definition) is 0. The van der Waals surface area contributed by atoms with Gasteiger partial charge in [0.05, 0.1) is 4.92 Å². The van der Waals surface area contributed by atoms with Crippen LogP contribution in [0.2, 0.25) is 0 Å². The highest BCUT2D eigenvalue weighted by molar-refractivity contribution is 5.71. The van der Waals surface area contributed by atoms with Gasteiger partial charge in [-0.15, -0.1) is 0 Å². The lowest BCUT2D eigenvalue weighted by molar-refractivity contribution is -0.384. The summed E-state index contributed by atoms with van der Waals surface area (Å²) in [6, 6.07) is 10.8. The van der Waals surface area contributed by atoms with Crippen LogP contribution in [0.3, 0.4) is 0 Å². The Labute approximate surface area is 156 Å². The molecular weight excluding hydrogens is 346 g/mol. The molecule has 1 fully saturated rings. The molecule has 4 rings (SSSR count). The van der Waals surface area contributed by atoms with Crippen molar-refractivity contribution >= 4 is 11.4 Å². The fraction of sp³-hybridized carbons (Fsp3) is 0.316. The molecule has 3 aromatic rings. The molecule has 0 radical (unpaired) electrons. The average Bonchev–Trinajstić information content (AvgIpc) is 3.19. The summed E-state index contributed by atoms with van der Waals surface area (Å²) >= 11 is 0. The highest BCUT2D eigenvalue weighted by Gasteiger charge is 2.26. The zero-order valence-electron chi connectivity index (χ0n) is 14.9. The van der Waals surface area contributed by atoms with Crippen LogP contribution in [-0.2, 0) is 0 Å². The van der Waals surface area contributed by atoms with E-state index in [-0.39, 0.29) is 22.5 Å². The third-order valence-corrected chi connectivity index (χ3v) is 4.85. The van der Waals surface area contributed by atoms with Crippen LogP contribution in [0, 0.1) is 10.1 Å². The zero-order chi connectivity index (χ0) is 18.8. The Kier molecular flexibility index (Phi) is 4.53. The Morgan fingerprint density at radius 1 is 1.26 bits per heavy atom. The van der Waals surface area contributed by atoms with E-state index in [1.165, 1.54) is 6.07 Å². The third-order valence-electron chi connectivity index (χ3n) is 4.85. The van der Waals surface area contributed by atoms with Crippen molar-refractivity contribution in [1.82, 2.24) is 15.1 Å². The van der Waals surface area contributed by atoms with Crippen LogP contribution in [0.25, 0.3) is 23.0 Å². The number of benzene rings is 1. The number of nitrogens with zero attached hydrogens (tertiary/aromatic N) is 5. The van der Waals surface area contributed by atoms with Crippen LogP contribution in [-0.4, -0.2) is 32.6 Å². The van der Waals surface area contributed by atoms with E-state index < -0.39 is 0 Å². The molecule has 8 nitrogen and oxygen atoms in total. The van der Waals surface area contributed by atoms with Crippen molar-refractivity contribution in [3.05, 3.63) is 52.7 Å². The van der Waals surface area contributed by atoms with E-state index in [1.807, 2.05) is 6.07 Å². The Bertz CT molecular complexity index is 957. The lowest BCUT2D eigenvalue weighted by Crippen LogP contribution is -2.37. The number of anilines is 1. The molecule has 0 N–H and O–H groups in total. The Hall–Kier alpha value is -3.29. The van der Waals surface area contributed by atoms with E-state index >= 15 is 0 Å². The summed E-state index contributed by atoms with van der Waals surface area (Å²) in [5, 5.41) is 15.6. The Morgan fingerprint density at radius 3 is 2.89 bits per heavy atom. The van der Waals surface area contributed by atoms with E-state index in [2.05, 4.69) is 26.9 Å². The smallest absolute Gasteiger partial charge is 0.293 e. The third kappa shape index (κ3) is 3.38. The first kappa shape index (κ1) is 17.1. The molecule has 0 aliphatic carbocycles. The predicted octanol–water partition coefficient (Wildman–Crippen LogP) is 4.09. The van der Waals surface area contributed by atoms with Gasteiger partial charge >= 0.3 is 0 Å². The van der Waals surface area contributed by atoms with E-state index in [1.54, 1.807) is 30.5 Å². The van der Waals surface area contributed by atoms with Crippen LogP contribution in [0.15, 0.2) is 47.1 Å². The largest absolute Gasteiger partial charge is 0.363 e. The molecule has 1 aliphatic rings. The second-order valence-electron chi connectivity index (χ2n) is 6.64. The van der Waals surface area contributed by atoms with Gasteiger partial charge in [0, 0.05) is 30.4 Å². The van der Waals surface area contributed by atoms with Crippen LogP contribution in [0.4, 0.5) is 11.4 Å². The van der Waals surface area contributed by atoms with Crippen LogP contribution in [0.5, 0.6) is 0 Å². The second kappa shape index (κ2) is 7.14. The fourth-order valence-corrected chi connectivity index (χ4v) is 3.44. The maximum atomic E-state index is 11.7. The van der Waals surface area contributed by atoms with E-state index in [9.17, 15) is 10.1 Å². The van der Waals surface area contributed by atoms with E-state index in [4.69, 9.17) is 4.52 Å². The van der Waals surface area contributed by atoms with Crippen LogP contribution >= 0.6 is 0 Å². The first-order valence-electron chi connectivity index (χ1n) is 8.94. The normalized spacial score (nSPS) is 17.1. The average molecular weight is 365 g/mol. The van der Waals surface area contributed by atoms with Gasteiger partial charge in [-0.3, -0.25) is 15.1 Å². The maximum Gasteiger partial charge on any atom is 0.293 e. The molecule has 0 amide bonds. The van der Waals surface area contributed by atoms with Crippen molar-refractivity contribution in [3.8, 4) is 23.0 Å². The predicted molar refractivity (Wildman–Crippen MR) is 100 cm³/mol. The molecule has 0 saturated carbocycles. The quantitative estimate of drug-likeness (QED) is 0.507. The Morgan fingerprint density at radius 2 is 2.15 bits per heavy atom. The van der Waals surface area contributed by atoms with Gasteiger partial charge in [0.2, 0.25) is 5.82 Å². The summed E-state index contributed by atoms with van der Waals surface area (Å²) in [4.78, 5) is 22.0. The van der Waals surface area contributed by atoms with Crippen molar-refractivity contribution in [3.63, 3.8) is 0 Å². The van der Waals surface area contributed by atoms with Gasteiger partial charge in [-0.1, -0.05) is 11.2 Å². The molecule has 0 unspecified atom stereocenters. The minimum atomic E-state index is -0.351. The number of aromatic nitrogens is 3. The molecule has 0 spiro atoms. The standard InChI is InChI=1S/C19H19N5O3/c1-13-6-3-5-11-23(13)16-9-8-14(12-17(16)24(25)26)19-21-18(22-27-19)15-7-2-4-10-20-15/h2,4,7-10,12-13H,3,5-6,11H2,1H3/t13-/m0/s1. The molecule has 1 saturated heterocycles. The lowest BCUT2D eigenvalue weighted by atomic mass is 10.0. The molecule has 1 aliphatic heterocycles. The number of hydrogen-bond acceptors (Lipinski definition) is 7. The molecule has 0 bridgehead atoms. The summed E-state index contributed by atoms with van der Waals surface area (Å²) < 4.78 is 5.31. The summed E-state index contributed by atoms with van der Waals surface area (Å²) in [6.07, 6.45) is 4.88. The summed E-state index contributed by atoms with van der Waals surface area (Å²) in [7, 11) is 0. The lowest BCUT2D eigenvalue weighted by Gasteiger charge is -2.35. The molecule has 1 aromatic carbocycles. The number of piperidine rings is 1. The molecular formula is C19H19N5O3. The molecule has 27 heavy (non-hydrogen) atoms. The Balaban J connectivity index is 1.70. The van der Waals surface area contributed by atoms with Gasteiger partial charge in [-0.05, 0) is 50.5 Å². The molecule has 1 atom stereocenters. The number of nitro groups is 1. The van der Waals surface area contributed by atoms with Gasteiger partial charge in [0.1, 0.15) is 11.4 Å². The summed E-state index contributed by atoms with van der Waals surface area (Å²) in [5.41, 5.74) is 1.80. The van der Waals surface area contributed by atoms with Crippen molar-refractivity contribution in [2.24, 2.45) is 0 Å². The first-order chi connectivity index (χ1) is 13.1. The van der Waals surface area contributed by atoms with Crippen molar-refractivity contribution in [2.45, 2.75) is 32.2 Å². The second-order valence-corrected chi connectivity index (χ2v) is 6.64. The highest BCUT2D eigenvalue weighted by atomic mass is 16.6. The van der Waals surface area contributed by atoms with Crippen molar-refractivity contribution in [2.75, 3.05) is 11.4 Å². The van der Waals surface area contributed by atoms with Crippen LogP contribution < -0.4 is 4.90 Å². The van der Waals surface area contributed by atoms with Gasteiger partial charge in [-0.2, -0.15) is 4.98 Å². The monoisotopic (exact) mass is 365 g/mol. The topological polar surface area (TPSA) is 98.2 Å². The minimum absolute atomic E-state index is 0.0545. The van der Waals surface area contributed by atoms with Gasteiger partial charge < -0.3 is 9.42 Å². The summed E-state index contributed by atoms with van der Waals surface area (Å²) in [5.74, 6) is 0.582. The number of nitro benzene ring substituents is 1. The molecule has 8 heteroatoms. The van der Waals surface area contributed by atoms with E-state index in [0.29, 0.717) is 22.8 Å².